The standard InChI is InChI=1S/C13H13N3/c1-9(2)11-6-10-7-14-8-16(10)12-4-3-5-15-13(11)12/h3-9H,1-2H3. The van der Waals surface area contributed by atoms with E-state index in [9.17, 15) is 0 Å². The number of aromatic nitrogens is 3. The lowest BCUT2D eigenvalue weighted by Crippen LogP contribution is -1.96. The largest absolute Gasteiger partial charge is 0.297 e. The summed E-state index contributed by atoms with van der Waals surface area (Å²) in [6.45, 7) is 4.38. The van der Waals surface area contributed by atoms with Gasteiger partial charge in [-0.25, -0.2) is 4.98 Å². The van der Waals surface area contributed by atoms with E-state index in [0.717, 1.165) is 16.6 Å². The van der Waals surface area contributed by atoms with Gasteiger partial charge in [0.2, 0.25) is 0 Å². The molecule has 0 amide bonds. The van der Waals surface area contributed by atoms with Crippen LogP contribution in [0.4, 0.5) is 0 Å². The van der Waals surface area contributed by atoms with E-state index in [1.54, 1.807) is 0 Å². The summed E-state index contributed by atoms with van der Waals surface area (Å²) in [6.07, 6.45) is 5.57. The zero-order chi connectivity index (χ0) is 11.1. The maximum absolute atomic E-state index is 4.48. The van der Waals surface area contributed by atoms with Crippen molar-refractivity contribution in [1.29, 1.82) is 0 Å². The Kier molecular flexibility index (Phi) is 1.93. The molecule has 3 nitrogen and oxygen atoms in total. The fourth-order valence-corrected chi connectivity index (χ4v) is 2.09. The smallest absolute Gasteiger partial charge is 0.0997 e. The van der Waals surface area contributed by atoms with Gasteiger partial charge in [-0.1, -0.05) is 13.8 Å². The van der Waals surface area contributed by atoms with Crippen LogP contribution in [0.15, 0.2) is 36.9 Å². The van der Waals surface area contributed by atoms with Crippen LogP contribution in [0.3, 0.4) is 0 Å². The van der Waals surface area contributed by atoms with Gasteiger partial charge in [0.15, 0.2) is 0 Å². The first-order valence-corrected chi connectivity index (χ1v) is 5.47. The Bertz CT molecular complexity index is 652. The Morgan fingerprint density at radius 1 is 1.31 bits per heavy atom. The van der Waals surface area contributed by atoms with Crippen LogP contribution in [-0.2, 0) is 0 Å². The first-order chi connectivity index (χ1) is 7.77. The molecule has 0 aliphatic heterocycles. The summed E-state index contributed by atoms with van der Waals surface area (Å²) in [4.78, 5) is 8.67. The van der Waals surface area contributed by atoms with Crippen molar-refractivity contribution in [3.05, 3.63) is 42.5 Å². The first kappa shape index (κ1) is 9.33. The van der Waals surface area contributed by atoms with Gasteiger partial charge in [0.25, 0.3) is 0 Å². The Hall–Kier alpha value is -1.90. The van der Waals surface area contributed by atoms with Crippen LogP contribution < -0.4 is 0 Å². The van der Waals surface area contributed by atoms with E-state index < -0.39 is 0 Å². The van der Waals surface area contributed by atoms with Crippen molar-refractivity contribution in [3.63, 3.8) is 0 Å². The second-order valence-electron chi connectivity index (χ2n) is 4.31. The van der Waals surface area contributed by atoms with Gasteiger partial charge in [0, 0.05) is 6.20 Å². The number of nitrogens with zero attached hydrogens (tertiary/aromatic N) is 3. The van der Waals surface area contributed by atoms with Gasteiger partial charge in [-0.3, -0.25) is 9.38 Å². The highest BCUT2D eigenvalue weighted by Crippen LogP contribution is 2.25. The van der Waals surface area contributed by atoms with Crippen molar-refractivity contribution in [3.8, 4) is 0 Å². The zero-order valence-corrected chi connectivity index (χ0v) is 9.38. The van der Waals surface area contributed by atoms with Gasteiger partial charge in [-0.15, -0.1) is 0 Å². The predicted molar refractivity (Wildman–Crippen MR) is 64.6 cm³/mol. The van der Waals surface area contributed by atoms with Crippen LogP contribution in [0.25, 0.3) is 16.6 Å². The minimum atomic E-state index is 0.470. The van der Waals surface area contributed by atoms with E-state index in [1.165, 1.54) is 5.56 Å². The highest BCUT2D eigenvalue weighted by molar-refractivity contribution is 5.82. The van der Waals surface area contributed by atoms with E-state index in [2.05, 4.69) is 40.3 Å². The predicted octanol–water partition coefficient (Wildman–Crippen LogP) is 3.01. The van der Waals surface area contributed by atoms with Gasteiger partial charge in [-0.2, -0.15) is 0 Å². The molecule has 3 aromatic heterocycles. The van der Waals surface area contributed by atoms with Gasteiger partial charge in [-0.05, 0) is 29.7 Å². The molecule has 0 radical (unpaired) electrons. The molecule has 3 aromatic rings. The first-order valence-electron chi connectivity index (χ1n) is 5.47. The Labute approximate surface area is 93.8 Å². The third-order valence-corrected chi connectivity index (χ3v) is 2.91. The van der Waals surface area contributed by atoms with E-state index >= 15 is 0 Å². The number of hydrogen-bond acceptors (Lipinski definition) is 2. The lowest BCUT2D eigenvalue weighted by molar-refractivity contribution is 0.871. The van der Waals surface area contributed by atoms with E-state index in [4.69, 9.17) is 0 Å². The average Bonchev–Trinajstić information content (AvgIpc) is 2.75. The van der Waals surface area contributed by atoms with E-state index in [0.29, 0.717) is 5.92 Å². The van der Waals surface area contributed by atoms with Crippen molar-refractivity contribution < 1.29 is 0 Å². The minimum Gasteiger partial charge on any atom is -0.297 e. The summed E-state index contributed by atoms with van der Waals surface area (Å²) < 4.78 is 2.08. The van der Waals surface area contributed by atoms with Crippen LogP contribution >= 0.6 is 0 Å². The highest BCUT2D eigenvalue weighted by atomic mass is 15.0. The van der Waals surface area contributed by atoms with Crippen LogP contribution in [0, 0.1) is 0 Å². The normalized spacial score (nSPS) is 11.7. The maximum atomic E-state index is 4.48. The van der Waals surface area contributed by atoms with Gasteiger partial charge < -0.3 is 0 Å². The summed E-state index contributed by atoms with van der Waals surface area (Å²) in [6, 6.07) is 6.22. The van der Waals surface area contributed by atoms with E-state index in [-0.39, 0.29) is 0 Å². The Morgan fingerprint density at radius 3 is 3.00 bits per heavy atom. The maximum Gasteiger partial charge on any atom is 0.0997 e. The molecule has 80 valence electrons. The SMILES string of the molecule is CC(C)c1cc2cncn2c2cccnc12. The molecule has 16 heavy (non-hydrogen) atoms. The Balaban J connectivity index is 2.55. The average molecular weight is 211 g/mol. The Morgan fingerprint density at radius 2 is 2.19 bits per heavy atom. The summed E-state index contributed by atoms with van der Waals surface area (Å²) in [5, 5.41) is 0. The van der Waals surface area contributed by atoms with Crippen LogP contribution in [0.2, 0.25) is 0 Å². The molecule has 0 aliphatic carbocycles. The van der Waals surface area contributed by atoms with Gasteiger partial charge in [0.05, 0.1) is 29.1 Å². The molecule has 0 bridgehead atoms. The topological polar surface area (TPSA) is 30.2 Å². The summed E-state index contributed by atoms with van der Waals surface area (Å²) >= 11 is 0. The second-order valence-corrected chi connectivity index (χ2v) is 4.31. The molecular formula is C13H13N3. The van der Waals surface area contributed by atoms with Gasteiger partial charge in [0.1, 0.15) is 0 Å². The van der Waals surface area contributed by atoms with Crippen molar-refractivity contribution in [1.82, 2.24) is 14.4 Å². The molecule has 0 unspecified atom stereocenters. The summed E-state index contributed by atoms with van der Waals surface area (Å²) in [7, 11) is 0. The van der Waals surface area contributed by atoms with Crippen LogP contribution in [-0.4, -0.2) is 14.4 Å². The molecule has 0 atom stereocenters. The molecule has 0 fully saturated rings. The third kappa shape index (κ3) is 1.21. The van der Waals surface area contributed by atoms with Crippen LogP contribution in [0.5, 0.6) is 0 Å². The molecular weight excluding hydrogens is 198 g/mol. The fourth-order valence-electron chi connectivity index (χ4n) is 2.09. The summed E-state index contributed by atoms with van der Waals surface area (Å²) in [5.74, 6) is 0.470. The van der Waals surface area contributed by atoms with E-state index in [1.807, 2.05) is 24.8 Å². The molecule has 0 aliphatic rings. The quantitative estimate of drug-likeness (QED) is 0.619. The lowest BCUT2D eigenvalue weighted by atomic mass is 10.0. The summed E-state index contributed by atoms with van der Waals surface area (Å²) in [5.41, 5.74) is 4.61. The molecule has 3 rings (SSSR count). The fraction of sp³-hybridized carbons (Fsp3) is 0.231. The van der Waals surface area contributed by atoms with Crippen molar-refractivity contribution in [2.75, 3.05) is 0 Å². The molecule has 3 heterocycles. The number of hydrogen-bond donors (Lipinski definition) is 0. The molecule has 0 saturated heterocycles. The lowest BCUT2D eigenvalue weighted by Gasteiger charge is -2.10. The van der Waals surface area contributed by atoms with Crippen molar-refractivity contribution >= 4 is 16.6 Å². The molecule has 0 spiro atoms. The van der Waals surface area contributed by atoms with Crippen molar-refractivity contribution in [2.24, 2.45) is 0 Å². The van der Waals surface area contributed by atoms with Crippen molar-refractivity contribution in [2.45, 2.75) is 19.8 Å². The number of fused-ring (bicyclic) bond motifs is 3. The van der Waals surface area contributed by atoms with Gasteiger partial charge >= 0.3 is 0 Å². The third-order valence-electron chi connectivity index (χ3n) is 2.91. The highest BCUT2D eigenvalue weighted by Gasteiger charge is 2.09. The van der Waals surface area contributed by atoms with Crippen LogP contribution in [0.1, 0.15) is 25.3 Å². The molecule has 3 heteroatoms. The molecule has 0 saturated carbocycles. The monoisotopic (exact) mass is 211 g/mol. The number of pyridine rings is 2. The zero-order valence-electron chi connectivity index (χ0n) is 9.38. The molecule has 0 aromatic carbocycles. The molecule has 0 N–H and O–H groups in total. The number of imidazole rings is 1. The minimum absolute atomic E-state index is 0.470. The second kappa shape index (κ2) is 3.30. The number of rotatable bonds is 1.